The second-order valence-corrected chi connectivity index (χ2v) is 6.60. The molecule has 0 aliphatic carbocycles. The number of carbonyl (C=O) groups excluding carboxylic acids is 2. The van der Waals surface area contributed by atoms with Crippen LogP contribution in [0.3, 0.4) is 0 Å². The molecule has 7 heteroatoms. The maximum atomic E-state index is 12.0. The smallest absolute Gasteiger partial charge is 0.313 e. The zero-order valence-electron chi connectivity index (χ0n) is 15.1. The van der Waals surface area contributed by atoms with Crippen molar-refractivity contribution < 1.29 is 19.1 Å². The van der Waals surface area contributed by atoms with E-state index in [4.69, 9.17) is 16.0 Å². The van der Waals surface area contributed by atoms with Crippen molar-refractivity contribution >= 4 is 29.1 Å². The Morgan fingerprint density at radius 1 is 1.07 bits per heavy atom. The molecule has 0 saturated carbocycles. The lowest BCUT2D eigenvalue weighted by atomic mass is 10.1. The molecule has 0 aliphatic rings. The Morgan fingerprint density at radius 3 is 2.50 bits per heavy atom. The van der Waals surface area contributed by atoms with Gasteiger partial charge in [-0.05, 0) is 42.3 Å². The minimum atomic E-state index is -0.949. The van der Waals surface area contributed by atoms with E-state index in [9.17, 15) is 14.7 Å². The van der Waals surface area contributed by atoms with Crippen LogP contribution in [-0.2, 0) is 9.59 Å². The minimum absolute atomic E-state index is 0.0963. The Balaban J connectivity index is 1.55. The highest BCUT2D eigenvalue weighted by Gasteiger charge is 2.17. The van der Waals surface area contributed by atoms with Gasteiger partial charge in [0.25, 0.3) is 0 Å². The standard InChI is InChI=1S/C21H19ClN2O4/c1-13-16(22)4-2-5-17(13)24-21(27)20(26)23-12-18(25)14-7-9-15(10-8-14)19-6-3-11-28-19/h2-11,18,25H,12H2,1H3,(H,23,26)(H,24,27)/t18-/m1/s1. The molecule has 144 valence electrons. The van der Waals surface area contributed by atoms with Crippen LogP contribution in [0, 0.1) is 6.92 Å². The molecule has 6 nitrogen and oxygen atoms in total. The average Bonchev–Trinajstić information content (AvgIpc) is 3.24. The summed E-state index contributed by atoms with van der Waals surface area (Å²) in [5, 5.41) is 15.7. The van der Waals surface area contributed by atoms with E-state index in [-0.39, 0.29) is 6.54 Å². The van der Waals surface area contributed by atoms with Crippen molar-refractivity contribution in [2.75, 3.05) is 11.9 Å². The molecule has 3 aromatic rings. The maximum absolute atomic E-state index is 12.0. The van der Waals surface area contributed by atoms with E-state index >= 15 is 0 Å². The third-order valence-corrected chi connectivity index (χ3v) is 4.69. The summed E-state index contributed by atoms with van der Waals surface area (Å²) >= 11 is 6.00. The third-order valence-electron chi connectivity index (χ3n) is 4.28. The number of carbonyl (C=O) groups is 2. The lowest BCUT2D eigenvalue weighted by Gasteiger charge is -2.13. The summed E-state index contributed by atoms with van der Waals surface area (Å²) in [6, 6.07) is 15.8. The van der Waals surface area contributed by atoms with Crippen LogP contribution >= 0.6 is 11.6 Å². The van der Waals surface area contributed by atoms with Gasteiger partial charge in [-0.25, -0.2) is 0 Å². The van der Waals surface area contributed by atoms with E-state index in [0.29, 0.717) is 21.8 Å². The number of amides is 2. The topological polar surface area (TPSA) is 91.6 Å². The lowest BCUT2D eigenvalue weighted by molar-refractivity contribution is -0.136. The summed E-state index contributed by atoms with van der Waals surface area (Å²) in [5.41, 5.74) is 2.62. The molecule has 0 fully saturated rings. The summed E-state index contributed by atoms with van der Waals surface area (Å²) in [7, 11) is 0. The molecule has 3 rings (SSSR count). The molecule has 2 amide bonds. The number of benzene rings is 2. The van der Waals surface area contributed by atoms with Crippen molar-refractivity contribution in [2.45, 2.75) is 13.0 Å². The highest BCUT2D eigenvalue weighted by atomic mass is 35.5. The Morgan fingerprint density at radius 2 is 1.82 bits per heavy atom. The van der Waals surface area contributed by atoms with Gasteiger partial charge in [-0.3, -0.25) is 9.59 Å². The summed E-state index contributed by atoms with van der Waals surface area (Å²) in [6.07, 6.45) is 0.638. The Hall–Kier alpha value is -3.09. The first kappa shape index (κ1) is 19.7. The van der Waals surface area contributed by atoms with Crippen LogP contribution in [0.2, 0.25) is 5.02 Å². The number of furan rings is 1. The van der Waals surface area contributed by atoms with E-state index < -0.39 is 17.9 Å². The fourth-order valence-electron chi connectivity index (χ4n) is 2.62. The highest BCUT2D eigenvalue weighted by molar-refractivity contribution is 6.40. The number of hydrogen-bond acceptors (Lipinski definition) is 4. The van der Waals surface area contributed by atoms with Crippen molar-refractivity contribution in [1.29, 1.82) is 0 Å². The minimum Gasteiger partial charge on any atom is -0.464 e. The molecule has 0 radical (unpaired) electrons. The van der Waals surface area contributed by atoms with Crippen LogP contribution in [0.5, 0.6) is 0 Å². The largest absolute Gasteiger partial charge is 0.464 e. The van der Waals surface area contributed by atoms with Crippen molar-refractivity contribution in [3.8, 4) is 11.3 Å². The predicted octanol–water partition coefficient (Wildman–Crippen LogP) is 3.70. The summed E-state index contributed by atoms with van der Waals surface area (Å²) < 4.78 is 5.32. The number of hydrogen-bond donors (Lipinski definition) is 3. The van der Waals surface area contributed by atoms with Crippen molar-refractivity contribution in [2.24, 2.45) is 0 Å². The second kappa shape index (κ2) is 8.73. The number of aliphatic hydroxyl groups excluding tert-OH is 1. The molecule has 0 saturated heterocycles. The SMILES string of the molecule is Cc1c(Cl)cccc1NC(=O)C(=O)NC[C@@H](O)c1ccc(-c2ccco2)cc1. The van der Waals surface area contributed by atoms with Crippen LogP contribution < -0.4 is 10.6 Å². The summed E-state index contributed by atoms with van der Waals surface area (Å²) in [4.78, 5) is 24.1. The van der Waals surface area contributed by atoms with Gasteiger partial charge in [0.2, 0.25) is 0 Å². The number of nitrogens with one attached hydrogen (secondary N) is 2. The molecular formula is C21H19ClN2O4. The van der Waals surface area contributed by atoms with Gasteiger partial charge in [-0.1, -0.05) is 41.9 Å². The zero-order valence-corrected chi connectivity index (χ0v) is 15.9. The van der Waals surface area contributed by atoms with E-state index in [1.807, 2.05) is 18.2 Å². The first-order valence-electron chi connectivity index (χ1n) is 8.62. The van der Waals surface area contributed by atoms with Crippen LogP contribution in [0.1, 0.15) is 17.2 Å². The van der Waals surface area contributed by atoms with Gasteiger partial charge < -0.3 is 20.2 Å². The lowest BCUT2D eigenvalue weighted by Crippen LogP contribution is -2.37. The van der Waals surface area contributed by atoms with E-state index in [1.165, 1.54) is 0 Å². The summed E-state index contributed by atoms with van der Waals surface area (Å²) in [5.74, 6) is -0.946. The van der Waals surface area contributed by atoms with E-state index in [2.05, 4.69) is 10.6 Å². The molecule has 0 bridgehead atoms. The molecule has 28 heavy (non-hydrogen) atoms. The zero-order chi connectivity index (χ0) is 20.1. The third kappa shape index (κ3) is 4.60. The van der Waals surface area contributed by atoms with Gasteiger partial charge in [0.15, 0.2) is 0 Å². The quantitative estimate of drug-likeness (QED) is 0.571. The monoisotopic (exact) mass is 398 g/mol. The fraction of sp³-hybridized carbons (Fsp3) is 0.143. The number of halogens is 1. The van der Waals surface area contributed by atoms with Gasteiger partial charge in [0.1, 0.15) is 5.76 Å². The maximum Gasteiger partial charge on any atom is 0.313 e. The number of aliphatic hydroxyl groups is 1. The predicted molar refractivity (Wildman–Crippen MR) is 107 cm³/mol. The number of rotatable bonds is 5. The molecule has 2 aromatic carbocycles. The van der Waals surface area contributed by atoms with Gasteiger partial charge in [-0.15, -0.1) is 0 Å². The molecular weight excluding hydrogens is 380 g/mol. The number of anilines is 1. The van der Waals surface area contributed by atoms with E-state index in [0.717, 1.165) is 11.3 Å². The Bertz CT molecular complexity index is 969. The van der Waals surface area contributed by atoms with E-state index in [1.54, 1.807) is 49.6 Å². The molecule has 0 aliphatic heterocycles. The van der Waals surface area contributed by atoms with Crippen molar-refractivity contribution in [1.82, 2.24) is 5.32 Å². The Labute approximate surface area is 167 Å². The Kier molecular flexibility index (Phi) is 6.13. The molecule has 1 aromatic heterocycles. The first-order chi connectivity index (χ1) is 13.5. The van der Waals surface area contributed by atoms with Crippen molar-refractivity contribution in [3.63, 3.8) is 0 Å². The van der Waals surface area contributed by atoms with Crippen molar-refractivity contribution in [3.05, 3.63) is 77.0 Å². The van der Waals surface area contributed by atoms with Crippen LogP contribution in [0.25, 0.3) is 11.3 Å². The van der Waals surface area contributed by atoms with Gasteiger partial charge >= 0.3 is 11.8 Å². The average molecular weight is 399 g/mol. The van der Waals surface area contributed by atoms with Crippen LogP contribution in [-0.4, -0.2) is 23.5 Å². The van der Waals surface area contributed by atoms with Crippen LogP contribution in [0.4, 0.5) is 5.69 Å². The molecule has 0 unspecified atom stereocenters. The second-order valence-electron chi connectivity index (χ2n) is 6.19. The fourth-order valence-corrected chi connectivity index (χ4v) is 2.80. The molecule has 1 heterocycles. The molecule has 3 N–H and O–H groups in total. The van der Waals surface area contributed by atoms with Crippen LogP contribution in [0.15, 0.2) is 65.3 Å². The van der Waals surface area contributed by atoms with Gasteiger partial charge in [-0.2, -0.15) is 0 Å². The van der Waals surface area contributed by atoms with Gasteiger partial charge in [0.05, 0.1) is 12.4 Å². The van der Waals surface area contributed by atoms with Gasteiger partial charge in [0, 0.05) is 22.8 Å². The molecule has 0 spiro atoms. The summed E-state index contributed by atoms with van der Waals surface area (Å²) in [6.45, 7) is 1.65. The normalized spacial score (nSPS) is 11.7. The highest BCUT2D eigenvalue weighted by Crippen LogP contribution is 2.23. The molecule has 1 atom stereocenters. The first-order valence-corrected chi connectivity index (χ1v) is 8.99.